The number of nitrogens with one attached hydrogen (secondary N) is 2. The predicted molar refractivity (Wildman–Crippen MR) is 91.5 cm³/mol. The van der Waals surface area contributed by atoms with E-state index in [1.54, 1.807) is 11.3 Å². The zero-order valence-electron chi connectivity index (χ0n) is 13.7. The van der Waals surface area contributed by atoms with Crippen LogP contribution in [0.2, 0.25) is 0 Å². The van der Waals surface area contributed by atoms with Crippen molar-refractivity contribution in [3.63, 3.8) is 0 Å². The summed E-state index contributed by atoms with van der Waals surface area (Å²) in [5.41, 5.74) is 1.15. The standard InChI is InChI=1S/C16H21N5O2S/c1-21-5-4-13-14(10-21)24-16(20-13)19-8-11(7-17)15(22)18-9-12-3-2-6-23-12/h8,12H,2-6,9-10H2,1H3,(H,18,22)(H,19,20)/b11-8-. The minimum absolute atomic E-state index is 0.0401. The van der Waals surface area contributed by atoms with Crippen LogP contribution < -0.4 is 10.6 Å². The number of carbonyl (C=O) groups excluding carboxylic acids is 1. The summed E-state index contributed by atoms with van der Waals surface area (Å²) in [6.45, 7) is 3.08. The van der Waals surface area contributed by atoms with Crippen molar-refractivity contribution in [1.82, 2.24) is 15.2 Å². The van der Waals surface area contributed by atoms with Gasteiger partial charge in [0, 0.05) is 43.7 Å². The van der Waals surface area contributed by atoms with E-state index in [-0.39, 0.29) is 17.6 Å². The minimum atomic E-state index is -0.387. The number of hydrogen-bond donors (Lipinski definition) is 2. The van der Waals surface area contributed by atoms with E-state index in [1.807, 2.05) is 6.07 Å². The van der Waals surface area contributed by atoms with Gasteiger partial charge in [-0.25, -0.2) is 4.98 Å². The van der Waals surface area contributed by atoms with E-state index in [2.05, 4.69) is 27.6 Å². The summed E-state index contributed by atoms with van der Waals surface area (Å²) in [5.74, 6) is -0.387. The molecule has 1 unspecified atom stereocenters. The van der Waals surface area contributed by atoms with E-state index in [0.29, 0.717) is 6.54 Å². The van der Waals surface area contributed by atoms with Gasteiger partial charge in [0.25, 0.3) is 5.91 Å². The molecule has 2 aliphatic rings. The first-order valence-corrected chi connectivity index (χ1v) is 8.91. The molecule has 0 saturated carbocycles. The second-order valence-electron chi connectivity index (χ2n) is 6.04. The molecule has 0 aromatic carbocycles. The summed E-state index contributed by atoms with van der Waals surface area (Å²) in [5, 5.41) is 15.6. The molecule has 0 aliphatic carbocycles. The van der Waals surface area contributed by atoms with Crippen molar-refractivity contribution in [2.45, 2.75) is 31.9 Å². The molecule has 128 valence electrons. The van der Waals surface area contributed by atoms with Gasteiger partial charge in [0.05, 0.1) is 11.8 Å². The lowest BCUT2D eigenvalue weighted by molar-refractivity contribution is -0.117. The van der Waals surface area contributed by atoms with Gasteiger partial charge < -0.3 is 20.3 Å². The fourth-order valence-corrected chi connectivity index (χ4v) is 3.83. The lowest BCUT2D eigenvalue weighted by Crippen LogP contribution is -2.32. The molecule has 3 rings (SSSR count). The highest BCUT2D eigenvalue weighted by Crippen LogP contribution is 2.27. The van der Waals surface area contributed by atoms with Gasteiger partial charge in [0.2, 0.25) is 0 Å². The third-order valence-electron chi connectivity index (χ3n) is 4.14. The van der Waals surface area contributed by atoms with Gasteiger partial charge in [-0.2, -0.15) is 5.26 Å². The Morgan fingerprint density at radius 1 is 1.62 bits per heavy atom. The van der Waals surface area contributed by atoms with Crippen molar-refractivity contribution in [1.29, 1.82) is 5.26 Å². The number of amides is 1. The van der Waals surface area contributed by atoms with Crippen molar-refractivity contribution in [3.05, 3.63) is 22.3 Å². The summed E-state index contributed by atoms with van der Waals surface area (Å²) >= 11 is 1.57. The molecule has 2 aliphatic heterocycles. The molecule has 24 heavy (non-hydrogen) atoms. The quantitative estimate of drug-likeness (QED) is 0.615. The summed E-state index contributed by atoms with van der Waals surface area (Å²) in [7, 11) is 2.09. The Morgan fingerprint density at radius 3 is 3.25 bits per heavy atom. The lowest BCUT2D eigenvalue weighted by Gasteiger charge is -2.20. The van der Waals surface area contributed by atoms with Crippen LogP contribution >= 0.6 is 11.3 Å². The summed E-state index contributed by atoms with van der Waals surface area (Å²) < 4.78 is 5.46. The van der Waals surface area contributed by atoms with Crippen LogP contribution in [0.25, 0.3) is 0 Å². The Kier molecular flexibility index (Phi) is 5.45. The number of anilines is 1. The highest BCUT2D eigenvalue weighted by Gasteiger charge is 2.19. The van der Waals surface area contributed by atoms with E-state index in [1.165, 1.54) is 11.1 Å². The molecule has 1 saturated heterocycles. The molecular formula is C16H21N5O2S. The molecule has 1 aromatic rings. The van der Waals surface area contributed by atoms with Crippen LogP contribution in [0.4, 0.5) is 5.13 Å². The van der Waals surface area contributed by atoms with Gasteiger partial charge in [-0.3, -0.25) is 4.79 Å². The minimum Gasteiger partial charge on any atom is -0.376 e. The molecule has 0 radical (unpaired) electrons. The van der Waals surface area contributed by atoms with Crippen LogP contribution in [0.1, 0.15) is 23.4 Å². The van der Waals surface area contributed by atoms with Crippen molar-refractivity contribution in [3.8, 4) is 6.07 Å². The number of ether oxygens (including phenoxy) is 1. The van der Waals surface area contributed by atoms with Gasteiger partial charge >= 0.3 is 0 Å². The fourth-order valence-electron chi connectivity index (χ4n) is 2.77. The number of likely N-dealkylation sites (N-methyl/N-ethyl adjacent to an activating group) is 1. The zero-order valence-corrected chi connectivity index (χ0v) is 14.5. The zero-order chi connectivity index (χ0) is 16.9. The van der Waals surface area contributed by atoms with Gasteiger partial charge in [-0.15, -0.1) is 11.3 Å². The first-order valence-electron chi connectivity index (χ1n) is 8.09. The van der Waals surface area contributed by atoms with Gasteiger partial charge in [0.1, 0.15) is 11.6 Å². The first-order chi connectivity index (χ1) is 11.7. The van der Waals surface area contributed by atoms with E-state index >= 15 is 0 Å². The van der Waals surface area contributed by atoms with E-state index in [9.17, 15) is 10.1 Å². The first kappa shape index (κ1) is 16.9. The number of rotatable bonds is 5. The van der Waals surface area contributed by atoms with Crippen LogP contribution in [0.3, 0.4) is 0 Å². The number of hydrogen-bond acceptors (Lipinski definition) is 7. The number of carbonyl (C=O) groups is 1. The Morgan fingerprint density at radius 2 is 2.50 bits per heavy atom. The van der Waals surface area contributed by atoms with Crippen molar-refractivity contribution >= 4 is 22.4 Å². The third-order valence-corrected chi connectivity index (χ3v) is 5.16. The van der Waals surface area contributed by atoms with E-state index in [0.717, 1.165) is 49.8 Å². The highest BCUT2D eigenvalue weighted by molar-refractivity contribution is 7.15. The molecule has 1 fully saturated rings. The predicted octanol–water partition coefficient (Wildman–Crippen LogP) is 1.25. The van der Waals surface area contributed by atoms with Crippen LogP contribution in [-0.4, -0.2) is 48.6 Å². The summed E-state index contributed by atoms with van der Waals surface area (Å²) in [4.78, 5) is 20.1. The summed E-state index contributed by atoms with van der Waals surface area (Å²) in [6, 6.07) is 1.93. The molecule has 2 N–H and O–H groups in total. The van der Waals surface area contributed by atoms with E-state index < -0.39 is 0 Å². The Hall–Kier alpha value is -1.95. The number of thiazole rings is 1. The lowest BCUT2D eigenvalue weighted by atomic mass is 10.2. The highest BCUT2D eigenvalue weighted by atomic mass is 32.1. The Balaban J connectivity index is 1.57. The molecule has 7 nitrogen and oxygen atoms in total. The van der Waals surface area contributed by atoms with Crippen molar-refractivity contribution < 1.29 is 9.53 Å². The molecule has 0 bridgehead atoms. The smallest absolute Gasteiger partial charge is 0.263 e. The van der Waals surface area contributed by atoms with Crippen LogP contribution in [0, 0.1) is 11.3 Å². The van der Waals surface area contributed by atoms with E-state index in [4.69, 9.17) is 4.74 Å². The average Bonchev–Trinajstić information content (AvgIpc) is 3.22. The molecule has 0 spiro atoms. The molecule has 8 heteroatoms. The monoisotopic (exact) mass is 347 g/mol. The second-order valence-corrected chi connectivity index (χ2v) is 7.12. The average molecular weight is 347 g/mol. The third kappa shape index (κ3) is 4.12. The normalized spacial score (nSPS) is 21.2. The number of aromatic nitrogens is 1. The van der Waals surface area contributed by atoms with Gasteiger partial charge in [0.15, 0.2) is 5.13 Å². The SMILES string of the molecule is CN1CCc2nc(N/C=C(/C#N)C(=O)NCC3CCCO3)sc2C1. The van der Waals surface area contributed by atoms with Crippen LogP contribution in [0.5, 0.6) is 0 Å². The number of nitrogens with zero attached hydrogens (tertiary/aromatic N) is 3. The van der Waals surface area contributed by atoms with Gasteiger partial charge in [-0.05, 0) is 19.9 Å². The second kappa shape index (κ2) is 7.75. The Bertz CT molecular complexity index is 672. The fraction of sp³-hybridized carbons (Fsp3) is 0.562. The molecular weight excluding hydrogens is 326 g/mol. The maximum absolute atomic E-state index is 12.1. The number of nitriles is 1. The maximum Gasteiger partial charge on any atom is 0.263 e. The largest absolute Gasteiger partial charge is 0.376 e. The van der Waals surface area contributed by atoms with Crippen molar-refractivity contribution in [2.24, 2.45) is 0 Å². The summed E-state index contributed by atoms with van der Waals surface area (Å²) in [6.07, 6.45) is 4.39. The van der Waals surface area contributed by atoms with Crippen molar-refractivity contribution in [2.75, 3.05) is 32.1 Å². The molecule has 1 amide bonds. The maximum atomic E-state index is 12.1. The molecule has 1 atom stereocenters. The topological polar surface area (TPSA) is 90.3 Å². The molecule has 1 aromatic heterocycles. The number of fused-ring (bicyclic) bond motifs is 1. The van der Waals surface area contributed by atoms with Gasteiger partial charge in [-0.1, -0.05) is 0 Å². The van der Waals surface area contributed by atoms with Crippen LogP contribution in [-0.2, 0) is 22.5 Å². The molecule has 3 heterocycles. The Labute approximate surface area is 145 Å². The van der Waals surface area contributed by atoms with Crippen LogP contribution in [0.15, 0.2) is 11.8 Å².